The summed E-state index contributed by atoms with van der Waals surface area (Å²) in [5, 5.41) is 12.7. The quantitative estimate of drug-likeness (QED) is 0.732. The van der Waals surface area contributed by atoms with E-state index in [1.807, 2.05) is 12.5 Å². The van der Waals surface area contributed by atoms with E-state index in [1.165, 1.54) is 18.5 Å². The first-order valence-electron chi connectivity index (χ1n) is 7.39. The third-order valence-corrected chi connectivity index (χ3v) is 3.71. The summed E-state index contributed by atoms with van der Waals surface area (Å²) >= 11 is 0. The fraction of sp³-hybridized carbons (Fsp3) is 0.786. The largest absolute Gasteiger partial charge is 0.395 e. The molecular formula is C14H26N4O. The van der Waals surface area contributed by atoms with Gasteiger partial charge in [0.15, 0.2) is 0 Å². The average molecular weight is 266 g/mol. The van der Waals surface area contributed by atoms with E-state index in [2.05, 4.69) is 26.7 Å². The molecule has 2 heterocycles. The number of aliphatic hydroxyl groups is 1. The van der Waals surface area contributed by atoms with E-state index in [1.54, 1.807) is 0 Å². The van der Waals surface area contributed by atoms with E-state index in [-0.39, 0.29) is 6.61 Å². The first-order chi connectivity index (χ1) is 9.33. The van der Waals surface area contributed by atoms with Crippen molar-refractivity contribution in [1.82, 2.24) is 19.8 Å². The van der Waals surface area contributed by atoms with Crippen molar-refractivity contribution in [2.75, 3.05) is 26.2 Å². The maximum Gasteiger partial charge on any atom is 0.0948 e. The fourth-order valence-electron chi connectivity index (χ4n) is 2.75. The van der Waals surface area contributed by atoms with Crippen molar-refractivity contribution in [3.05, 3.63) is 18.2 Å². The molecule has 0 saturated carbocycles. The molecule has 0 aliphatic carbocycles. The standard InChI is InChI=1S/C14H26N4O/c1-2-6-18-12-15-9-14(18)11-17(7-8-19)10-13-4-3-5-16-13/h9,12-13,16,19H,2-8,10-11H2,1H3. The molecule has 1 unspecified atom stereocenters. The minimum atomic E-state index is 0.217. The highest BCUT2D eigenvalue weighted by molar-refractivity contribution is 4.98. The molecule has 0 amide bonds. The van der Waals surface area contributed by atoms with Crippen LogP contribution in [0.15, 0.2) is 12.5 Å². The molecule has 2 N–H and O–H groups in total. The number of nitrogens with one attached hydrogen (secondary N) is 1. The lowest BCUT2D eigenvalue weighted by Gasteiger charge is -2.25. The number of hydrogen-bond acceptors (Lipinski definition) is 4. The second-order valence-corrected chi connectivity index (χ2v) is 5.33. The van der Waals surface area contributed by atoms with Gasteiger partial charge in [-0.05, 0) is 25.8 Å². The van der Waals surface area contributed by atoms with Gasteiger partial charge in [-0.1, -0.05) is 6.92 Å². The molecule has 5 nitrogen and oxygen atoms in total. The topological polar surface area (TPSA) is 53.3 Å². The number of aryl methyl sites for hydroxylation is 1. The molecule has 5 heteroatoms. The van der Waals surface area contributed by atoms with E-state index in [0.29, 0.717) is 6.04 Å². The summed E-state index contributed by atoms with van der Waals surface area (Å²) in [5.41, 5.74) is 1.24. The number of imidazole rings is 1. The lowest BCUT2D eigenvalue weighted by atomic mass is 10.2. The zero-order chi connectivity index (χ0) is 13.5. The molecular weight excluding hydrogens is 240 g/mol. The van der Waals surface area contributed by atoms with Crippen LogP contribution in [0.1, 0.15) is 31.9 Å². The zero-order valence-electron chi connectivity index (χ0n) is 11.9. The van der Waals surface area contributed by atoms with Crippen LogP contribution in [0.5, 0.6) is 0 Å². The predicted molar refractivity (Wildman–Crippen MR) is 75.9 cm³/mol. The van der Waals surface area contributed by atoms with Crippen molar-refractivity contribution in [2.24, 2.45) is 0 Å². The van der Waals surface area contributed by atoms with Crippen molar-refractivity contribution in [1.29, 1.82) is 0 Å². The number of rotatable bonds is 8. The normalized spacial score (nSPS) is 19.4. The molecule has 1 aliphatic heterocycles. The Hall–Kier alpha value is -0.910. The first kappa shape index (κ1) is 14.5. The van der Waals surface area contributed by atoms with Gasteiger partial charge in [0.1, 0.15) is 0 Å². The lowest BCUT2D eigenvalue weighted by molar-refractivity contribution is 0.176. The molecule has 0 bridgehead atoms. The van der Waals surface area contributed by atoms with Crippen LogP contribution in [0, 0.1) is 0 Å². The molecule has 1 aromatic heterocycles. The molecule has 19 heavy (non-hydrogen) atoms. The zero-order valence-corrected chi connectivity index (χ0v) is 11.9. The molecule has 1 fully saturated rings. The van der Waals surface area contributed by atoms with Crippen LogP contribution in [0.4, 0.5) is 0 Å². The van der Waals surface area contributed by atoms with Crippen LogP contribution in [-0.4, -0.2) is 51.8 Å². The fourth-order valence-corrected chi connectivity index (χ4v) is 2.75. The number of hydrogen-bond donors (Lipinski definition) is 2. The van der Waals surface area contributed by atoms with E-state index in [0.717, 1.165) is 39.1 Å². The SMILES string of the molecule is CCCn1cncc1CN(CCO)CC1CCCN1. The average Bonchev–Trinajstić information content (AvgIpc) is 3.03. The van der Waals surface area contributed by atoms with Gasteiger partial charge in [-0.15, -0.1) is 0 Å². The summed E-state index contributed by atoms with van der Waals surface area (Å²) in [5.74, 6) is 0. The van der Waals surface area contributed by atoms with Crippen molar-refractivity contribution in [2.45, 2.75) is 45.3 Å². The Morgan fingerprint density at radius 2 is 2.47 bits per heavy atom. The second kappa shape index (κ2) is 7.62. The van der Waals surface area contributed by atoms with Gasteiger partial charge < -0.3 is 15.0 Å². The summed E-state index contributed by atoms with van der Waals surface area (Å²) in [6.45, 7) is 7.16. The monoisotopic (exact) mass is 266 g/mol. The minimum absolute atomic E-state index is 0.217. The van der Waals surface area contributed by atoms with E-state index in [9.17, 15) is 5.11 Å². The molecule has 108 valence electrons. The predicted octanol–water partition coefficient (Wildman–Crippen LogP) is 0.839. The van der Waals surface area contributed by atoms with Gasteiger partial charge in [0.2, 0.25) is 0 Å². The molecule has 1 saturated heterocycles. The Bertz CT molecular complexity index is 360. The van der Waals surface area contributed by atoms with Crippen LogP contribution in [0.2, 0.25) is 0 Å². The van der Waals surface area contributed by atoms with Crippen LogP contribution in [0.3, 0.4) is 0 Å². The van der Waals surface area contributed by atoms with Gasteiger partial charge in [-0.2, -0.15) is 0 Å². The Kier molecular flexibility index (Phi) is 5.82. The molecule has 1 aliphatic rings. The molecule has 1 aromatic rings. The van der Waals surface area contributed by atoms with Gasteiger partial charge in [0.25, 0.3) is 0 Å². The highest BCUT2D eigenvalue weighted by Crippen LogP contribution is 2.10. The highest BCUT2D eigenvalue weighted by Gasteiger charge is 2.18. The molecule has 2 rings (SSSR count). The minimum Gasteiger partial charge on any atom is -0.395 e. The Balaban J connectivity index is 1.92. The van der Waals surface area contributed by atoms with Crippen molar-refractivity contribution in [3.63, 3.8) is 0 Å². The third kappa shape index (κ3) is 4.30. The summed E-state index contributed by atoms with van der Waals surface area (Å²) in [4.78, 5) is 6.57. The van der Waals surface area contributed by atoms with Crippen LogP contribution in [-0.2, 0) is 13.1 Å². The molecule has 1 atom stereocenters. The van der Waals surface area contributed by atoms with Crippen LogP contribution < -0.4 is 5.32 Å². The maximum absolute atomic E-state index is 9.23. The van der Waals surface area contributed by atoms with Gasteiger partial charge in [0, 0.05) is 38.4 Å². The van der Waals surface area contributed by atoms with Crippen molar-refractivity contribution >= 4 is 0 Å². The molecule has 0 spiro atoms. The summed E-state index contributed by atoms with van der Waals surface area (Å²) in [6, 6.07) is 0.578. The van der Waals surface area contributed by atoms with Gasteiger partial charge in [-0.25, -0.2) is 4.98 Å². The smallest absolute Gasteiger partial charge is 0.0948 e. The Labute approximate surface area is 115 Å². The summed E-state index contributed by atoms with van der Waals surface area (Å²) in [7, 11) is 0. The van der Waals surface area contributed by atoms with Crippen molar-refractivity contribution in [3.8, 4) is 0 Å². The van der Waals surface area contributed by atoms with Crippen molar-refractivity contribution < 1.29 is 5.11 Å². The second-order valence-electron chi connectivity index (χ2n) is 5.33. The number of aromatic nitrogens is 2. The number of aliphatic hydroxyl groups excluding tert-OH is 1. The Morgan fingerprint density at radius 3 is 3.16 bits per heavy atom. The summed E-state index contributed by atoms with van der Waals surface area (Å²) < 4.78 is 2.21. The van der Waals surface area contributed by atoms with Gasteiger partial charge in [0.05, 0.1) is 18.6 Å². The van der Waals surface area contributed by atoms with E-state index in [4.69, 9.17) is 0 Å². The van der Waals surface area contributed by atoms with Crippen LogP contribution in [0.25, 0.3) is 0 Å². The Morgan fingerprint density at radius 1 is 1.58 bits per heavy atom. The van der Waals surface area contributed by atoms with E-state index < -0.39 is 0 Å². The first-order valence-corrected chi connectivity index (χ1v) is 7.39. The van der Waals surface area contributed by atoms with E-state index >= 15 is 0 Å². The highest BCUT2D eigenvalue weighted by atomic mass is 16.3. The third-order valence-electron chi connectivity index (χ3n) is 3.71. The number of nitrogens with zero attached hydrogens (tertiary/aromatic N) is 3. The lowest BCUT2D eigenvalue weighted by Crippen LogP contribution is -2.39. The van der Waals surface area contributed by atoms with Gasteiger partial charge in [-0.3, -0.25) is 4.90 Å². The maximum atomic E-state index is 9.23. The summed E-state index contributed by atoms with van der Waals surface area (Å²) in [6.07, 6.45) is 7.49. The van der Waals surface area contributed by atoms with Gasteiger partial charge >= 0.3 is 0 Å². The molecule has 0 radical (unpaired) electrons. The van der Waals surface area contributed by atoms with Crippen LogP contribution >= 0.6 is 0 Å². The molecule has 0 aromatic carbocycles.